The van der Waals surface area contributed by atoms with Crippen molar-refractivity contribution in [2.24, 2.45) is 0 Å². The van der Waals surface area contributed by atoms with E-state index in [0.29, 0.717) is 28.3 Å². The smallest absolute Gasteiger partial charge is 0.338 e. The summed E-state index contributed by atoms with van der Waals surface area (Å²) in [5.74, 6) is -0.455. The molecule has 0 radical (unpaired) electrons. The second kappa shape index (κ2) is 10.2. The molecule has 0 fully saturated rings. The van der Waals surface area contributed by atoms with Crippen molar-refractivity contribution in [3.63, 3.8) is 0 Å². The monoisotopic (exact) mass is 472 g/mol. The highest BCUT2D eigenvalue weighted by Gasteiger charge is 2.20. The fourth-order valence-corrected chi connectivity index (χ4v) is 3.70. The van der Waals surface area contributed by atoms with E-state index in [0.717, 1.165) is 5.56 Å². The number of benzene rings is 2. The molecule has 0 aliphatic carbocycles. The molecule has 0 saturated heterocycles. The Hall–Kier alpha value is -4.53. The van der Waals surface area contributed by atoms with Crippen LogP contribution < -0.4 is 10.9 Å². The number of pyridine rings is 1. The Morgan fingerprint density at radius 1 is 1.06 bits per heavy atom. The molecule has 2 aromatic heterocycles. The van der Waals surface area contributed by atoms with Crippen molar-refractivity contribution in [1.82, 2.24) is 14.7 Å². The largest absolute Gasteiger partial charge is 0.462 e. The van der Waals surface area contributed by atoms with Gasteiger partial charge in [0.2, 0.25) is 11.7 Å². The second-order valence-corrected chi connectivity index (χ2v) is 7.87. The first-order chi connectivity index (χ1) is 16.9. The van der Waals surface area contributed by atoms with Crippen molar-refractivity contribution in [3.8, 4) is 22.8 Å². The number of hydrogen-bond acceptors (Lipinski definition) is 7. The Kier molecular flexibility index (Phi) is 6.86. The lowest BCUT2D eigenvalue weighted by Gasteiger charge is -2.13. The van der Waals surface area contributed by atoms with Crippen molar-refractivity contribution in [2.75, 3.05) is 11.9 Å². The maximum Gasteiger partial charge on any atom is 0.338 e. The van der Waals surface area contributed by atoms with Gasteiger partial charge >= 0.3 is 5.97 Å². The van der Waals surface area contributed by atoms with Gasteiger partial charge in [0.15, 0.2) is 0 Å². The lowest BCUT2D eigenvalue weighted by Crippen LogP contribution is -2.30. The number of rotatable bonds is 7. The number of nitrogens with one attached hydrogen (secondary N) is 1. The number of carbonyl (C=O) groups excluding carboxylic acids is 2. The van der Waals surface area contributed by atoms with E-state index in [1.54, 1.807) is 45.0 Å². The van der Waals surface area contributed by atoms with E-state index in [1.165, 1.54) is 10.6 Å². The highest BCUT2D eigenvalue weighted by molar-refractivity contribution is 5.94. The molecule has 0 atom stereocenters. The van der Waals surface area contributed by atoms with Gasteiger partial charge in [0, 0.05) is 16.9 Å². The maximum absolute atomic E-state index is 13.4. The van der Waals surface area contributed by atoms with E-state index in [9.17, 15) is 14.4 Å². The summed E-state index contributed by atoms with van der Waals surface area (Å²) in [6.07, 6.45) is 0. The molecule has 2 aromatic carbocycles. The van der Waals surface area contributed by atoms with E-state index in [2.05, 4.69) is 15.5 Å². The molecule has 9 nitrogen and oxygen atoms in total. The molecule has 9 heteroatoms. The molecule has 1 N–H and O–H groups in total. The van der Waals surface area contributed by atoms with Gasteiger partial charge in [-0.15, -0.1) is 0 Å². The number of anilines is 1. The average Bonchev–Trinajstić information content (AvgIpc) is 3.32. The number of amides is 1. The van der Waals surface area contributed by atoms with Crippen LogP contribution in [-0.2, 0) is 16.1 Å². The summed E-state index contributed by atoms with van der Waals surface area (Å²) in [5, 5.41) is 6.72. The minimum Gasteiger partial charge on any atom is -0.462 e. The van der Waals surface area contributed by atoms with Crippen LogP contribution in [0.15, 0.2) is 70.0 Å². The molecule has 0 spiro atoms. The number of nitrogens with zero attached hydrogens (tertiary/aromatic N) is 3. The lowest BCUT2D eigenvalue weighted by molar-refractivity contribution is -0.116. The Balaban J connectivity index is 1.59. The van der Waals surface area contributed by atoms with Gasteiger partial charge in [0.1, 0.15) is 12.1 Å². The van der Waals surface area contributed by atoms with Crippen LogP contribution in [0.4, 0.5) is 5.69 Å². The van der Waals surface area contributed by atoms with E-state index >= 15 is 0 Å². The van der Waals surface area contributed by atoms with E-state index in [4.69, 9.17) is 9.26 Å². The van der Waals surface area contributed by atoms with Crippen molar-refractivity contribution < 1.29 is 18.8 Å². The zero-order chi connectivity index (χ0) is 24.9. The van der Waals surface area contributed by atoms with Gasteiger partial charge in [0.25, 0.3) is 11.4 Å². The zero-order valence-electron chi connectivity index (χ0n) is 19.6. The number of carbonyl (C=O) groups is 2. The normalized spacial score (nSPS) is 10.7. The average molecular weight is 473 g/mol. The summed E-state index contributed by atoms with van der Waals surface area (Å²) in [6.45, 7) is 5.26. The summed E-state index contributed by atoms with van der Waals surface area (Å²) in [6, 6.07) is 17.5. The molecule has 0 aliphatic rings. The van der Waals surface area contributed by atoms with E-state index in [-0.39, 0.29) is 24.6 Å². The van der Waals surface area contributed by atoms with Gasteiger partial charge in [-0.2, -0.15) is 4.98 Å². The molecular formula is C26H24N4O5. The second-order valence-electron chi connectivity index (χ2n) is 7.87. The molecule has 4 aromatic rings. The molecule has 4 rings (SSSR count). The van der Waals surface area contributed by atoms with Crippen molar-refractivity contribution in [3.05, 3.63) is 87.8 Å². The predicted octanol–water partition coefficient (Wildman–Crippen LogP) is 4.00. The van der Waals surface area contributed by atoms with Crippen molar-refractivity contribution >= 4 is 17.6 Å². The molecular weight excluding hydrogens is 448 g/mol. The molecule has 0 bridgehead atoms. The summed E-state index contributed by atoms with van der Waals surface area (Å²) in [4.78, 5) is 42.5. The van der Waals surface area contributed by atoms with E-state index < -0.39 is 17.4 Å². The zero-order valence-corrected chi connectivity index (χ0v) is 19.6. The van der Waals surface area contributed by atoms with Gasteiger partial charge in [-0.05, 0) is 50.6 Å². The number of aromatic nitrogens is 3. The number of ether oxygens (including phenoxy) is 1. The third-order valence-electron chi connectivity index (χ3n) is 5.34. The first-order valence-electron chi connectivity index (χ1n) is 11.0. The quantitative estimate of drug-likeness (QED) is 0.404. The third kappa shape index (κ3) is 5.19. The highest BCUT2D eigenvalue weighted by Crippen LogP contribution is 2.23. The van der Waals surface area contributed by atoms with Crippen LogP contribution in [-0.4, -0.2) is 33.2 Å². The van der Waals surface area contributed by atoms with Gasteiger partial charge in [-0.25, -0.2) is 4.79 Å². The van der Waals surface area contributed by atoms with Crippen LogP contribution >= 0.6 is 0 Å². The van der Waals surface area contributed by atoms with Crippen molar-refractivity contribution in [2.45, 2.75) is 27.3 Å². The van der Waals surface area contributed by atoms with Crippen LogP contribution in [0.2, 0.25) is 0 Å². The first kappa shape index (κ1) is 23.6. The molecule has 1 amide bonds. The maximum atomic E-state index is 13.4. The fraction of sp³-hybridized carbons (Fsp3) is 0.192. The molecule has 2 heterocycles. The number of esters is 1. The van der Waals surface area contributed by atoms with Crippen LogP contribution in [0.1, 0.15) is 28.5 Å². The highest BCUT2D eigenvalue weighted by atomic mass is 16.5. The summed E-state index contributed by atoms with van der Waals surface area (Å²) in [7, 11) is 0. The Morgan fingerprint density at radius 2 is 1.83 bits per heavy atom. The van der Waals surface area contributed by atoms with Gasteiger partial charge in [-0.3, -0.25) is 9.59 Å². The molecule has 0 unspecified atom stereocenters. The summed E-state index contributed by atoms with van der Waals surface area (Å²) in [5.41, 5.74) is 2.59. The van der Waals surface area contributed by atoms with Gasteiger partial charge in [-0.1, -0.05) is 41.6 Å². The number of aryl methyl sites for hydroxylation is 2. The lowest BCUT2D eigenvalue weighted by atomic mass is 10.1. The Labute approximate surface area is 201 Å². The van der Waals surface area contributed by atoms with Crippen LogP contribution in [0.25, 0.3) is 22.8 Å². The van der Waals surface area contributed by atoms with Crippen LogP contribution in [0, 0.1) is 13.8 Å². The minimum absolute atomic E-state index is 0.0858. The molecule has 35 heavy (non-hydrogen) atoms. The Morgan fingerprint density at radius 3 is 2.57 bits per heavy atom. The Bertz CT molecular complexity index is 1440. The third-order valence-corrected chi connectivity index (χ3v) is 5.34. The van der Waals surface area contributed by atoms with Crippen molar-refractivity contribution in [1.29, 1.82) is 0 Å². The molecule has 178 valence electrons. The molecule has 0 saturated carbocycles. The SMILES string of the molecule is CCOC(=O)c1cccc(NC(=O)Cn2c(C)cc(C)c(-c3nc(-c4ccccc4)no3)c2=O)c1. The summed E-state index contributed by atoms with van der Waals surface area (Å²) >= 11 is 0. The fourth-order valence-electron chi connectivity index (χ4n) is 3.70. The number of hydrogen-bond donors (Lipinski definition) is 1. The molecule has 0 aliphatic heterocycles. The van der Waals surface area contributed by atoms with Crippen LogP contribution in [0.5, 0.6) is 0 Å². The summed E-state index contributed by atoms with van der Waals surface area (Å²) < 4.78 is 11.7. The van der Waals surface area contributed by atoms with E-state index in [1.807, 2.05) is 30.3 Å². The first-order valence-corrected chi connectivity index (χ1v) is 11.0. The van der Waals surface area contributed by atoms with Gasteiger partial charge in [0.05, 0.1) is 12.2 Å². The predicted molar refractivity (Wildman–Crippen MR) is 130 cm³/mol. The van der Waals surface area contributed by atoms with Crippen LogP contribution in [0.3, 0.4) is 0 Å². The topological polar surface area (TPSA) is 116 Å². The van der Waals surface area contributed by atoms with Gasteiger partial charge < -0.3 is 19.1 Å². The minimum atomic E-state index is -0.478. The standard InChI is InChI=1S/C26H24N4O5/c1-4-34-26(33)19-11-8-12-20(14-19)27-21(31)15-30-17(3)13-16(2)22(25(30)32)24-28-23(29-35-24)18-9-6-5-7-10-18/h5-14H,4,15H2,1-3H3,(H,27,31).